The summed E-state index contributed by atoms with van der Waals surface area (Å²) in [5.74, 6) is 5.03. The highest BCUT2D eigenvalue weighted by Crippen LogP contribution is 2.12. The second-order valence-corrected chi connectivity index (χ2v) is 2.68. The smallest absolute Gasteiger partial charge is 0.263 e. The van der Waals surface area contributed by atoms with Gasteiger partial charge in [-0.3, -0.25) is 10.1 Å². The Morgan fingerprint density at radius 1 is 1.46 bits per heavy atom. The molecule has 0 fully saturated rings. The van der Waals surface area contributed by atoms with Crippen molar-refractivity contribution in [1.82, 2.24) is 0 Å². The van der Waals surface area contributed by atoms with Crippen LogP contribution in [0.5, 0.6) is 0 Å². The highest BCUT2D eigenvalue weighted by atomic mass is 35.5. The summed E-state index contributed by atoms with van der Waals surface area (Å²) in [6.07, 6.45) is 0. The quantitative estimate of drug-likeness (QED) is 0.391. The third-order valence-electron chi connectivity index (χ3n) is 1.31. The Morgan fingerprint density at radius 3 is 2.77 bits per heavy atom. The van der Waals surface area contributed by atoms with Crippen LogP contribution in [0.25, 0.3) is 0 Å². The number of halogens is 1. The first-order chi connectivity index (χ1) is 6.20. The van der Waals surface area contributed by atoms with Crippen LogP contribution >= 0.6 is 11.6 Å². The largest absolute Gasteiger partial charge is 0.264 e. The van der Waals surface area contributed by atoms with E-state index < -0.39 is 4.92 Å². The topological polar surface area (TPSA) is 43.1 Å². The molecule has 0 amide bonds. The lowest BCUT2D eigenvalue weighted by Gasteiger charge is -1.91. The van der Waals surface area contributed by atoms with E-state index in [2.05, 4.69) is 11.8 Å². The molecule has 0 radical (unpaired) electrons. The molecule has 0 saturated carbocycles. The molecule has 1 aromatic rings. The van der Waals surface area contributed by atoms with Gasteiger partial charge in [-0.05, 0) is 18.1 Å². The van der Waals surface area contributed by atoms with E-state index in [0.717, 1.165) is 0 Å². The van der Waals surface area contributed by atoms with E-state index in [1.807, 2.05) is 0 Å². The fourth-order valence-corrected chi connectivity index (χ4v) is 0.945. The van der Waals surface area contributed by atoms with Crippen molar-refractivity contribution >= 4 is 11.6 Å². The van der Waals surface area contributed by atoms with E-state index in [9.17, 15) is 10.1 Å². The Balaban J connectivity index is 2.77. The van der Waals surface area contributed by atoms with Gasteiger partial charge < -0.3 is 0 Å². The highest BCUT2D eigenvalue weighted by molar-refractivity contribution is 6.31. The van der Waals surface area contributed by atoms with Crippen molar-refractivity contribution in [3.63, 3.8) is 0 Å². The number of rotatable bonds is 1. The third kappa shape index (κ3) is 3.14. The number of hydrogen-bond donors (Lipinski definition) is 0. The summed E-state index contributed by atoms with van der Waals surface area (Å²) in [5.41, 5.74) is 0.617. The van der Waals surface area contributed by atoms with Crippen LogP contribution in [0.2, 0.25) is 5.02 Å². The minimum absolute atomic E-state index is 0.356. The van der Waals surface area contributed by atoms with Gasteiger partial charge in [-0.15, -0.1) is 0 Å². The van der Waals surface area contributed by atoms with Gasteiger partial charge in [0.05, 0.1) is 5.02 Å². The number of nitro groups is 1. The van der Waals surface area contributed by atoms with Crippen molar-refractivity contribution in [1.29, 1.82) is 0 Å². The zero-order valence-electron chi connectivity index (χ0n) is 6.66. The molecule has 0 aromatic heterocycles. The zero-order valence-corrected chi connectivity index (χ0v) is 7.41. The first kappa shape index (κ1) is 9.56. The Kier molecular flexibility index (Phi) is 3.30. The second-order valence-electron chi connectivity index (χ2n) is 2.27. The van der Waals surface area contributed by atoms with Crippen molar-refractivity contribution in [2.24, 2.45) is 0 Å². The maximum Gasteiger partial charge on any atom is 0.263 e. The zero-order chi connectivity index (χ0) is 9.68. The van der Waals surface area contributed by atoms with Crippen LogP contribution in [0.3, 0.4) is 0 Å². The molecule has 3 nitrogen and oxygen atoms in total. The van der Waals surface area contributed by atoms with Crippen LogP contribution in [-0.2, 0) is 0 Å². The normalized spacial score (nSPS) is 8.69. The van der Waals surface area contributed by atoms with Crippen LogP contribution in [0.1, 0.15) is 5.56 Å². The molecule has 0 atom stereocenters. The van der Waals surface area contributed by atoms with E-state index >= 15 is 0 Å². The molecular weight excluding hydrogens is 190 g/mol. The van der Waals surface area contributed by atoms with E-state index in [1.54, 1.807) is 24.3 Å². The van der Waals surface area contributed by atoms with Gasteiger partial charge in [-0.25, -0.2) is 0 Å². The number of nitrogens with zero attached hydrogens (tertiary/aromatic N) is 1. The minimum Gasteiger partial charge on any atom is -0.264 e. The molecule has 0 aliphatic rings. The van der Waals surface area contributed by atoms with Gasteiger partial charge in [0, 0.05) is 10.5 Å². The molecule has 0 aliphatic carbocycles. The standard InChI is InChI=1S/C9H6ClNO2/c10-9-6-2-1-4-8(9)5-3-7-11(12)13/h1-2,4,6H,7H2. The second kappa shape index (κ2) is 4.48. The summed E-state index contributed by atoms with van der Waals surface area (Å²) in [6.45, 7) is -0.356. The first-order valence-corrected chi connectivity index (χ1v) is 3.93. The summed E-state index contributed by atoms with van der Waals surface area (Å²) < 4.78 is 0. The molecule has 0 spiro atoms. The van der Waals surface area contributed by atoms with Crippen molar-refractivity contribution in [3.8, 4) is 11.8 Å². The lowest BCUT2D eigenvalue weighted by Crippen LogP contribution is -1.96. The fraction of sp³-hybridized carbons (Fsp3) is 0.111. The average molecular weight is 196 g/mol. The Bertz CT molecular complexity index is 379. The molecule has 66 valence electrons. The van der Waals surface area contributed by atoms with Crippen LogP contribution in [-0.4, -0.2) is 11.5 Å². The number of benzene rings is 1. The van der Waals surface area contributed by atoms with Gasteiger partial charge in [-0.2, -0.15) is 0 Å². The molecule has 0 unspecified atom stereocenters. The summed E-state index contributed by atoms with van der Waals surface area (Å²) >= 11 is 5.77. The fourth-order valence-electron chi connectivity index (χ4n) is 0.762. The third-order valence-corrected chi connectivity index (χ3v) is 1.63. The molecular formula is C9H6ClNO2. The van der Waals surface area contributed by atoms with Gasteiger partial charge >= 0.3 is 0 Å². The lowest BCUT2D eigenvalue weighted by atomic mass is 10.2. The van der Waals surface area contributed by atoms with Gasteiger partial charge in [0.2, 0.25) is 0 Å². The Labute approximate surface area is 80.5 Å². The van der Waals surface area contributed by atoms with Crippen LogP contribution in [0.15, 0.2) is 24.3 Å². The van der Waals surface area contributed by atoms with Crippen molar-refractivity contribution in [2.45, 2.75) is 0 Å². The molecule has 1 aromatic carbocycles. The van der Waals surface area contributed by atoms with Crippen LogP contribution in [0, 0.1) is 22.0 Å². The van der Waals surface area contributed by atoms with Gasteiger partial charge in [0.25, 0.3) is 6.54 Å². The Hall–Kier alpha value is -1.53. The van der Waals surface area contributed by atoms with Gasteiger partial charge in [0.1, 0.15) is 0 Å². The summed E-state index contributed by atoms with van der Waals surface area (Å²) in [5, 5.41) is 10.5. The van der Waals surface area contributed by atoms with Crippen LogP contribution < -0.4 is 0 Å². The molecule has 0 aliphatic heterocycles. The molecule has 0 bridgehead atoms. The first-order valence-electron chi connectivity index (χ1n) is 3.55. The number of hydrogen-bond acceptors (Lipinski definition) is 2. The van der Waals surface area contributed by atoms with Crippen molar-refractivity contribution < 1.29 is 4.92 Å². The molecule has 13 heavy (non-hydrogen) atoms. The predicted octanol–water partition coefficient (Wildman–Crippen LogP) is 1.97. The predicted molar refractivity (Wildman–Crippen MR) is 50.2 cm³/mol. The van der Waals surface area contributed by atoms with Gasteiger partial charge in [-0.1, -0.05) is 29.7 Å². The van der Waals surface area contributed by atoms with Crippen LogP contribution in [0.4, 0.5) is 0 Å². The van der Waals surface area contributed by atoms with E-state index in [0.29, 0.717) is 10.6 Å². The molecule has 0 saturated heterocycles. The summed E-state index contributed by atoms with van der Waals surface area (Å²) in [7, 11) is 0. The summed E-state index contributed by atoms with van der Waals surface area (Å²) in [4.78, 5) is 9.46. The summed E-state index contributed by atoms with van der Waals surface area (Å²) in [6, 6.07) is 6.97. The monoisotopic (exact) mass is 195 g/mol. The maximum atomic E-state index is 9.94. The Morgan fingerprint density at radius 2 is 2.15 bits per heavy atom. The van der Waals surface area contributed by atoms with Gasteiger partial charge in [0.15, 0.2) is 0 Å². The van der Waals surface area contributed by atoms with E-state index in [4.69, 9.17) is 11.6 Å². The molecule has 4 heteroatoms. The highest BCUT2D eigenvalue weighted by Gasteiger charge is 1.93. The minimum atomic E-state index is -0.482. The van der Waals surface area contributed by atoms with Crippen molar-refractivity contribution in [3.05, 3.63) is 45.0 Å². The lowest BCUT2D eigenvalue weighted by molar-refractivity contribution is -0.466. The molecule has 1 rings (SSSR count). The average Bonchev–Trinajstić information content (AvgIpc) is 2.08. The van der Waals surface area contributed by atoms with E-state index in [-0.39, 0.29) is 6.54 Å². The molecule has 0 heterocycles. The SMILES string of the molecule is O=[N+]([O-])CC#Cc1ccccc1Cl. The molecule has 0 N–H and O–H groups in total. The van der Waals surface area contributed by atoms with Crippen molar-refractivity contribution in [2.75, 3.05) is 6.54 Å². The maximum absolute atomic E-state index is 9.94. The van der Waals surface area contributed by atoms with E-state index in [1.165, 1.54) is 0 Å².